The van der Waals surface area contributed by atoms with Crippen molar-refractivity contribution in [2.24, 2.45) is 0 Å². The predicted octanol–water partition coefficient (Wildman–Crippen LogP) is 1.81. The lowest BCUT2D eigenvalue weighted by Crippen LogP contribution is -2.44. The van der Waals surface area contributed by atoms with Crippen LogP contribution in [0, 0.1) is 0 Å². The topological polar surface area (TPSA) is 46.6 Å². The molecule has 0 unspecified atom stereocenters. The van der Waals surface area contributed by atoms with E-state index in [0.717, 1.165) is 0 Å². The molecule has 1 atom stereocenters. The number of ether oxygens (including phenoxy) is 1. The van der Waals surface area contributed by atoms with E-state index in [0.29, 0.717) is 29.5 Å². The molecule has 0 saturated carbocycles. The number of morpholine rings is 1. The summed E-state index contributed by atoms with van der Waals surface area (Å²) in [5, 5.41) is 0. The maximum absolute atomic E-state index is 12.2. The standard InChI is InChI=1S/C12H15NO3S/c1-8-7-13(5-6-16-8)12(15)11-4-3-10(17-11)9(2)14/h3-4,8H,5-7H2,1-2H3/t8-/m0/s1. The van der Waals surface area contributed by atoms with E-state index in [1.807, 2.05) is 6.92 Å². The first-order chi connectivity index (χ1) is 8.08. The Bertz CT molecular complexity index is 441. The third-order valence-electron chi connectivity index (χ3n) is 2.69. The Hall–Kier alpha value is -1.20. The molecule has 17 heavy (non-hydrogen) atoms. The Balaban J connectivity index is 2.10. The molecule has 2 rings (SSSR count). The first kappa shape index (κ1) is 12.3. The van der Waals surface area contributed by atoms with Gasteiger partial charge in [0.25, 0.3) is 5.91 Å². The van der Waals surface area contributed by atoms with Crippen molar-refractivity contribution in [1.29, 1.82) is 0 Å². The Morgan fingerprint density at radius 3 is 2.71 bits per heavy atom. The van der Waals surface area contributed by atoms with Gasteiger partial charge >= 0.3 is 0 Å². The number of Topliss-reactive ketones (excluding diaryl/α,β-unsaturated/α-hetero) is 1. The van der Waals surface area contributed by atoms with Crippen LogP contribution in [0.4, 0.5) is 0 Å². The molecular formula is C12H15NO3S. The van der Waals surface area contributed by atoms with Gasteiger partial charge in [-0.2, -0.15) is 0 Å². The maximum Gasteiger partial charge on any atom is 0.264 e. The lowest BCUT2D eigenvalue weighted by atomic mass is 10.3. The highest BCUT2D eigenvalue weighted by molar-refractivity contribution is 7.15. The molecular weight excluding hydrogens is 238 g/mol. The summed E-state index contributed by atoms with van der Waals surface area (Å²) < 4.78 is 5.39. The van der Waals surface area contributed by atoms with Crippen LogP contribution in [0.15, 0.2) is 12.1 Å². The quantitative estimate of drug-likeness (QED) is 0.755. The highest BCUT2D eigenvalue weighted by Crippen LogP contribution is 2.20. The minimum Gasteiger partial charge on any atom is -0.375 e. The molecule has 1 amide bonds. The summed E-state index contributed by atoms with van der Waals surface area (Å²) in [6.07, 6.45) is 0.0833. The molecule has 4 nitrogen and oxygen atoms in total. The zero-order valence-corrected chi connectivity index (χ0v) is 10.8. The van der Waals surface area contributed by atoms with Crippen LogP contribution in [0.25, 0.3) is 0 Å². The van der Waals surface area contributed by atoms with Gasteiger partial charge in [-0.15, -0.1) is 11.3 Å². The number of nitrogens with zero attached hydrogens (tertiary/aromatic N) is 1. The van der Waals surface area contributed by atoms with Crippen LogP contribution >= 0.6 is 11.3 Å². The Morgan fingerprint density at radius 2 is 2.12 bits per heavy atom. The first-order valence-electron chi connectivity index (χ1n) is 5.59. The van der Waals surface area contributed by atoms with Crippen molar-refractivity contribution in [3.05, 3.63) is 21.9 Å². The third-order valence-corrected chi connectivity index (χ3v) is 3.87. The first-order valence-corrected chi connectivity index (χ1v) is 6.41. The highest BCUT2D eigenvalue weighted by Gasteiger charge is 2.23. The number of amides is 1. The fourth-order valence-electron chi connectivity index (χ4n) is 1.80. The SMILES string of the molecule is CC(=O)c1ccc(C(=O)N2CCO[C@@H](C)C2)s1. The van der Waals surface area contributed by atoms with E-state index in [4.69, 9.17) is 4.74 Å². The largest absolute Gasteiger partial charge is 0.375 e. The molecule has 1 aliphatic rings. The van der Waals surface area contributed by atoms with Gasteiger partial charge in [0.15, 0.2) is 5.78 Å². The summed E-state index contributed by atoms with van der Waals surface area (Å²) in [5.41, 5.74) is 0. The smallest absolute Gasteiger partial charge is 0.264 e. The molecule has 1 aliphatic heterocycles. The van der Waals surface area contributed by atoms with Gasteiger partial charge in [0, 0.05) is 13.1 Å². The zero-order valence-electron chi connectivity index (χ0n) is 9.93. The summed E-state index contributed by atoms with van der Waals surface area (Å²) >= 11 is 1.26. The summed E-state index contributed by atoms with van der Waals surface area (Å²) in [4.78, 5) is 26.4. The predicted molar refractivity (Wildman–Crippen MR) is 65.6 cm³/mol. The van der Waals surface area contributed by atoms with Gasteiger partial charge in [0.05, 0.1) is 22.5 Å². The molecule has 0 spiro atoms. The molecule has 1 aromatic rings. The van der Waals surface area contributed by atoms with E-state index in [9.17, 15) is 9.59 Å². The average molecular weight is 253 g/mol. The van der Waals surface area contributed by atoms with Gasteiger partial charge in [-0.1, -0.05) is 0 Å². The fourth-order valence-corrected chi connectivity index (χ4v) is 2.67. The number of ketones is 1. The maximum atomic E-state index is 12.2. The summed E-state index contributed by atoms with van der Waals surface area (Å²) in [7, 11) is 0. The van der Waals surface area contributed by atoms with Crippen molar-refractivity contribution in [3.8, 4) is 0 Å². The lowest BCUT2D eigenvalue weighted by Gasteiger charge is -2.30. The fraction of sp³-hybridized carbons (Fsp3) is 0.500. The van der Waals surface area contributed by atoms with Crippen LogP contribution in [0.1, 0.15) is 33.2 Å². The molecule has 0 radical (unpaired) electrons. The van der Waals surface area contributed by atoms with E-state index in [2.05, 4.69) is 0 Å². The monoisotopic (exact) mass is 253 g/mol. The van der Waals surface area contributed by atoms with Crippen LogP contribution in [0.3, 0.4) is 0 Å². The van der Waals surface area contributed by atoms with Crippen molar-refractivity contribution in [3.63, 3.8) is 0 Å². The van der Waals surface area contributed by atoms with E-state index < -0.39 is 0 Å². The van der Waals surface area contributed by atoms with E-state index in [1.54, 1.807) is 17.0 Å². The molecule has 0 N–H and O–H groups in total. The van der Waals surface area contributed by atoms with Gasteiger partial charge in [-0.05, 0) is 26.0 Å². The van der Waals surface area contributed by atoms with Crippen LogP contribution in [0.5, 0.6) is 0 Å². The van der Waals surface area contributed by atoms with Crippen LogP contribution < -0.4 is 0 Å². The molecule has 1 aromatic heterocycles. The number of hydrogen-bond donors (Lipinski definition) is 0. The number of thiophene rings is 1. The average Bonchev–Trinajstić information content (AvgIpc) is 2.77. The number of carbonyl (C=O) groups excluding carboxylic acids is 2. The minimum atomic E-state index is -0.00218. The van der Waals surface area contributed by atoms with E-state index in [1.165, 1.54) is 18.3 Å². The van der Waals surface area contributed by atoms with Gasteiger partial charge in [-0.25, -0.2) is 0 Å². The Labute approximate surface area is 104 Å². The summed E-state index contributed by atoms with van der Waals surface area (Å²) in [6.45, 7) is 5.28. The minimum absolute atomic E-state index is 0.00218. The second-order valence-corrected chi connectivity index (χ2v) is 5.24. The highest BCUT2D eigenvalue weighted by atomic mass is 32.1. The van der Waals surface area contributed by atoms with Gasteiger partial charge < -0.3 is 9.64 Å². The van der Waals surface area contributed by atoms with Gasteiger partial charge in [0.1, 0.15) is 0 Å². The Kier molecular flexibility index (Phi) is 3.59. The number of hydrogen-bond acceptors (Lipinski definition) is 4. The summed E-state index contributed by atoms with van der Waals surface area (Å²) in [6, 6.07) is 3.44. The second kappa shape index (κ2) is 4.98. The lowest BCUT2D eigenvalue weighted by molar-refractivity contribution is -0.0122. The number of carbonyl (C=O) groups is 2. The molecule has 1 fully saturated rings. The molecule has 2 heterocycles. The van der Waals surface area contributed by atoms with Crippen molar-refractivity contribution in [2.75, 3.05) is 19.7 Å². The van der Waals surface area contributed by atoms with Crippen LogP contribution in [-0.2, 0) is 4.74 Å². The van der Waals surface area contributed by atoms with Crippen molar-refractivity contribution in [1.82, 2.24) is 4.90 Å². The number of rotatable bonds is 2. The Morgan fingerprint density at radius 1 is 1.41 bits per heavy atom. The molecule has 92 valence electrons. The summed E-state index contributed by atoms with van der Waals surface area (Å²) in [5.74, 6) is 0.00189. The zero-order chi connectivity index (χ0) is 12.4. The molecule has 0 aromatic carbocycles. The third kappa shape index (κ3) is 2.73. The van der Waals surface area contributed by atoms with Crippen molar-refractivity contribution < 1.29 is 14.3 Å². The molecule has 0 bridgehead atoms. The van der Waals surface area contributed by atoms with Crippen LogP contribution in [-0.4, -0.2) is 42.4 Å². The second-order valence-electron chi connectivity index (χ2n) is 4.15. The molecule has 1 saturated heterocycles. The van der Waals surface area contributed by atoms with E-state index >= 15 is 0 Å². The van der Waals surface area contributed by atoms with Crippen molar-refractivity contribution >= 4 is 23.0 Å². The molecule has 0 aliphatic carbocycles. The van der Waals surface area contributed by atoms with Gasteiger partial charge in [-0.3, -0.25) is 9.59 Å². The van der Waals surface area contributed by atoms with Crippen molar-refractivity contribution in [2.45, 2.75) is 20.0 Å². The van der Waals surface area contributed by atoms with E-state index in [-0.39, 0.29) is 17.8 Å². The normalized spacial score (nSPS) is 20.4. The van der Waals surface area contributed by atoms with Crippen LogP contribution in [0.2, 0.25) is 0 Å². The van der Waals surface area contributed by atoms with Gasteiger partial charge in [0.2, 0.25) is 0 Å². The molecule has 5 heteroatoms.